The molecule has 1 unspecified atom stereocenters. The standard InChI is InChI=1S/C17H24N4/c1-13-15-8-4-5-9-16(15)19-17(18-13)12-21-10-6-7-14(11-21)20(2)3/h4-5,8-9,14H,6-7,10-12H2,1-3H3. The van der Waals surface area contributed by atoms with Crippen LogP contribution >= 0.6 is 0 Å². The summed E-state index contributed by atoms with van der Waals surface area (Å²) in [6, 6.07) is 8.91. The van der Waals surface area contributed by atoms with Crippen LogP contribution in [-0.2, 0) is 6.54 Å². The number of fused-ring (bicyclic) bond motifs is 1. The van der Waals surface area contributed by atoms with Gasteiger partial charge in [-0.25, -0.2) is 9.97 Å². The number of nitrogens with zero attached hydrogens (tertiary/aromatic N) is 4. The van der Waals surface area contributed by atoms with E-state index in [2.05, 4.69) is 43.0 Å². The third-order valence-corrected chi connectivity index (χ3v) is 4.42. The van der Waals surface area contributed by atoms with Crippen LogP contribution in [0.4, 0.5) is 0 Å². The quantitative estimate of drug-likeness (QED) is 0.866. The molecule has 0 radical (unpaired) electrons. The molecule has 0 aliphatic carbocycles. The van der Waals surface area contributed by atoms with Gasteiger partial charge < -0.3 is 4.90 Å². The van der Waals surface area contributed by atoms with Gasteiger partial charge in [0.2, 0.25) is 0 Å². The van der Waals surface area contributed by atoms with Crippen molar-refractivity contribution in [3.63, 3.8) is 0 Å². The molecule has 1 aromatic carbocycles. The molecule has 112 valence electrons. The Labute approximate surface area is 126 Å². The van der Waals surface area contributed by atoms with Crippen LogP contribution in [0.5, 0.6) is 0 Å². The highest BCUT2D eigenvalue weighted by Crippen LogP contribution is 2.18. The normalized spacial score (nSPS) is 20.3. The molecule has 2 heterocycles. The number of hydrogen-bond donors (Lipinski definition) is 0. The number of likely N-dealkylation sites (N-methyl/N-ethyl adjacent to an activating group) is 1. The van der Waals surface area contributed by atoms with Gasteiger partial charge in [-0.2, -0.15) is 0 Å². The molecule has 0 spiro atoms. The Morgan fingerprint density at radius 2 is 2.05 bits per heavy atom. The first kappa shape index (κ1) is 14.4. The molecular weight excluding hydrogens is 260 g/mol. The van der Waals surface area contributed by atoms with Crippen LogP contribution in [0.1, 0.15) is 24.4 Å². The molecule has 0 saturated carbocycles. The van der Waals surface area contributed by atoms with E-state index >= 15 is 0 Å². The van der Waals surface area contributed by atoms with Crippen LogP contribution in [0.3, 0.4) is 0 Å². The number of aryl methyl sites for hydroxylation is 1. The molecule has 2 aromatic rings. The van der Waals surface area contributed by atoms with Gasteiger partial charge in [0.05, 0.1) is 12.1 Å². The summed E-state index contributed by atoms with van der Waals surface area (Å²) in [5.74, 6) is 0.950. The number of para-hydroxylation sites is 1. The van der Waals surface area contributed by atoms with Gasteiger partial charge in [-0.3, -0.25) is 4.90 Å². The Morgan fingerprint density at radius 1 is 1.24 bits per heavy atom. The maximum Gasteiger partial charge on any atom is 0.143 e. The van der Waals surface area contributed by atoms with E-state index in [1.54, 1.807) is 0 Å². The third-order valence-electron chi connectivity index (χ3n) is 4.42. The average Bonchev–Trinajstić information content (AvgIpc) is 2.47. The van der Waals surface area contributed by atoms with Crippen molar-refractivity contribution < 1.29 is 0 Å². The lowest BCUT2D eigenvalue weighted by molar-refractivity contribution is 0.125. The topological polar surface area (TPSA) is 32.3 Å². The fraction of sp³-hybridized carbons (Fsp3) is 0.529. The van der Waals surface area contributed by atoms with Crippen molar-refractivity contribution in [2.75, 3.05) is 27.2 Å². The molecule has 0 bridgehead atoms. The highest BCUT2D eigenvalue weighted by Gasteiger charge is 2.22. The Bertz CT molecular complexity index is 623. The molecule has 1 aliphatic heterocycles. The first-order valence-electron chi connectivity index (χ1n) is 7.74. The molecule has 1 atom stereocenters. The lowest BCUT2D eigenvalue weighted by Crippen LogP contribution is -2.44. The van der Waals surface area contributed by atoms with Gasteiger partial charge in [0.15, 0.2) is 0 Å². The second-order valence-corrected chi connectivity index (χ2v) is 6.24. The first-order valence-corrected chi connectivity index (χ1v) is 7.74. The Kier molecular flexibility index (Phi) is 4.17. The summed E-state index contributed by atoms with van der Waals surface area (Å²) in [6.07, 6.45) is 2.55. The SMILES string of the molecule is Cc1nc(CN2CCCC(N(C)C)C2)nc2ccccc12. The van der Waals surface area contributed by atoms with Gasteiger partial charge in [-0.1, -0.05) is 18.2 Å². The monoisotopic (exact) mass is 284 g/mol. The molecule has 4 nitrogen and oxygen atoms in total. The van der Waals surface area contributed by atoms with Crippen LogP contribution < -0.4 is 0 Å². The minimum atomic E-state index is 0.653. The summed E-state index contributed by atoms with van der Waals surface area (Å²) in [6.45, 7) is 5.20. The van der Waals surface area contributed by atoms with Crippen molar-refractivity contribution in [3.05, 3.63) is 35.8 Å². The zero-order chi connectivity index (χ0) is 14.8. The second-order valence-electron chi connectivity index (χ2n) is 6.24. The average molecular weight is 284 g/mol. The maximum absolute atomic E-state index is 4.73. The molecule has 1 fully saturated rings. The minimum absolute atomic E-state index is 0.653. The Balaban J connectivity index is 1.78. The predicted octanol–water partition coefficient (Wildman–Crippen LogP) is 2.46. The summed E-state index contributed by atoms with van der Waals surface area (Å²) in [5.41, 5.74) is 2.14. The van der Waals surface area contributed by atoms with Gasteiger partial charge in [-0.15, -0.1) is 0 Å². The molecule has 21 heavy (non-hydrogen) atoms. The van der Waals surface area contributed by atoms with E-state index in [9.17, 15) is 0 Å². The van der Waals surface area contributed by atoms with Crippen LogP contribution in [0.25, 0.3) is 10.9 Å². The van der Waals surface area contributed by atoms with Gasteiger partial charge in [-0.05, 0) is 46.5 Å². The molecular formula is C17H24N4. The fourth-order valence-corrected chi connectivity index (χ4v) is 3.16. The number of piperidine rings is 1. The van der Waals surface area contributed by atoms with E-state index in [-0.39, 0.29) is 0 Å². The first-order chi connectivity index (χ1) is 10.1. The van der Waals surface area contributed by atoms with Crippen LogP contribution in [0, 0.1) is 6.92 Å². The largest absolute Gasteiger partial charge is 0.305 e. The van der Waals surface area contributed by atoms with E-state index in [1.807, 2.05) is 12.1 Å². The summed E-state index contributed by atoms with van der Waals surface area (Å²) < 4.78 is 0. The van der Waals surface area contributed by atoms with E-state index in [4.69, 9.17) is 9.97 Å². The van der Waals surface area contributed by atoms with Crippen molar-refractivity contribution >= 4 is 10.9 Å². The number of hydrogen-bond acceptors (Lipinski definition) is 4. The molecule has 1 aliphatic rings. The Hall–Kier alpha value is -1.52. The maximum atomic E-state index is 4.73. The van der Waals surface area contributed by atoms with Gasteiger partial charge in [0.1, 0.15) is 5.82 Å². The highest BCUT2D eigenvalue weighted by molar-refractivity contribution is 5.80. The fourth-order valence-electron chi connectivity index (χ4n) is 3.16. The van der Waals surface area contributed by atoms with E-state index in [1.165, 1.54) is 12.8 Å². The number of benzene rings is 1. The highest BCUT2D eigenvalue weighted by atomic mass is 15.2. The lowest BCUT2D eigenvalue weighted by atomic mass is 10.1. The summed E-state index contributed by atoms with van der Waals surface area (Å²) >= 11 is 0. The van der Waals surface area contributed by atoms with E-state index in [0.29, 0.717) is 6.04 Å². The summed E-state index contributed by atoms with van der Waals surface area (Å²) in [7, 11) is 4.34. The predicted molar refractivity (Wildman–Crippen MR) is 86.3 cm³/mol. The molecule has 0 N–H and O–H groups in total. The lowest BCUT2D eigenvalue weighted by Gasteiger charge is -2.35. The van der Waals surface area contributed by atoms with Gasteiger partial charge in [0, 0.05) is 23.7 Å². The molecule has 1 saturated heterocycles. The minimum Gasteiger partial charge on any atom is -0.305 e. The number of aromatic nitrogens is 2. The zero-order valence-electron chi connectivity index (χ0n) is 13.2. The number of rotatable bonds is 3. The van der Waals surface area contributed by atoms with Crippen LogP contribution in [-0.4, -0.2) is 53.0 Å². The smallest absolute Gasteiger partial charge is 0.143 e. The number of likely N-dealkylation sites (tertiary alicyclic amines) is 1. The van der Waals surface area contributed by atoms with Crippen LogP contribution in [0.2, 0.25) is 0 Å². The summed E-state index contributed by atoms with van der Waals surface area (Å²) in [5, 5.41) is 1.16. The summed E-state index contributed by atoms with van der Waals surface area (Å²) in [4.78, 5) is 14.2. The van der Waals surface area contributed by atoms with Crippen LogP contribution in [0.15, 0.2) is 24.3 Å². The van der Waals surface area contributed by atoms with Crippen molar-refractivity contribution in [1.29, 1.82) is 0 Å². The second kappa shape index (κ2) is 6.08. The van der Waals surface area contributed by atoms with E-state index in [0.717, 1.165) is 42.1 Å². The van der Waals surface area contributed by atoms with Crippen molar-refractivity contribution in [1.82, 2.24) is 19.8 Å². The van der Waals surface area contributed by atoms with E-state index < -0.39 is 0 Å². The molecule has 4 heteroatoms. The van der Waals surface area contributed by atoms with Gasteiger partial charge >= 0.3 is 0 Å². The Morgan fingerprint density at radius 3 is 2.86 bits per heavy atom. The molecule has 3 rings (SSSR count). The molecule has 1 aromatic heterocycles. The zero-order valence-corrected chi connectivity index (χ0v) is 13.2. The third kappa shape index (κ3) is 3.22. The van der Waals surface area contributed by atoms with Gasteiger partial charge in [0.25, 0.3) is 0 Å². The van der Waals surface area contributed by atoms with Crippen molar-refractivity contribution in [2.45, 2.75) is 32.4 Å². The van der Waals surface area contributed by atoms with Crippen molar-refractivity contribution in [3.8, 4) is 0 Å². The molecule has 0 amide bonds. The van der Waals surface area contributed by atoms with Crippen molar-refractivity contribution in [2.24, 2.45) is 0 Å².